The summed E-state index contributed by atoms with van der Waals surface area (Å²) in [5.41, 5.74) is 0. The molecule has 1 saturated carbocycles. The maximum absolute atomic E-state index is 11.0. The Kier molecular flexibility index (Phi) is 3.68. The number of carbonyl (C=O) groups excluding carboxylic acids is 2. The zero-order valence-electron chi connectivity index (χ0n) is 7.66. The maximum atomic E-state index is 11.0. The predicted octanol–water partition coefficient (Wildman–Crippen LogP) is 1.05. The Hall–Kier alpha value is -1.12. The van der Waals surface area contributed by atoms with Crippen molar-refractivity contribution < 1.29 is 9.59 Å². The molecule has 1 fully saturated rings. The third-order valence-corrected chi connectivity index (χ3v) is 2.44. The summed E-state index contributed by atoms with van der Waals surface area (Å²) in [6.45, 7) is 3.38. The zero-order valence-corrected chi connectivity index (χ0v) is 7.66. The minimum absolute atomic E-state index is 0.129. The fourth-order valence-corrected chi connectivity index (χ4v) is 1.74. The van der Waals surface area contributed by atoms with Crippen LogP contribution in [-0.4, -0.2) is 18.2 Å². The van der Waals surface area contributed by atoms with Crippen LogP contribution < -0.4 is 5.32 Å². The molecule has 0 heterocycles. The average molecular weight is 181 g/mol. The first-order valence-corrected chi connectivity index (χ1v) is 4.64. The fraction of sp³-hybridized carbons (Fsp3) is 0.600. The molecule has 0 aromatic heterocycles. The number of carbonyl (C=O) groups is 2. The Morgan fingerprint density at radius 1 is 1.46 bits per heavy atom. The number of rotatable bonds is 3. The summed E-state index contributed by atoms with van der Waals surface area (Å²) < 4.78 is 0. The molecule has 1 N–H and O–H groups in total. The number of amides is 1. The van der Waals surface area contributed by atoms with Crippen molar-refractivity contribution in [1.82, 2.24) is 5.32 Å². The van der Waals surface area contributed by atoms with Crippen molar-refractivity contribution in [2.24, 2.45) is 5.92 Å². The van der Waals surface area contributed by atoms with E-state index >= 15 is 0 Å². The Balaban J connectivity index is 2.37. The van der Waals surface area contributed by atoms with Crippen LogP contribution in [0.2, 0.25) is 0 Å². The zero-order chi connectivity index (χ0) is 9.68. The Labute approximate surface area is 78.2 Å². The largest absolute Gasteiger partial charge is 0.350 e. The molecule has 72 valence electrons. The summed E-state index contributed by atoms with van der Waals surface area (Å²) in [6, 6.07) is 0.162. The number of hydrogen-bond donors (Lipinski definition) is 1. The smallest absolute Gasteiger partial charge is 0.243 e. The van der Waals surface area contributed by atoms with Crippen molar-refractivity contribution in [3.8, 4) is 0 Å². The van der Waals surface area contributed by atoms with Gasteiger partial charge in [0, 0.05) is 12.0 Å². The maximum Gasteiger partial charge on any atom is 0.243 e. The van der Waals surface area contributed by atoms with Crippen LogP contribution in [0.5, 0.6) is 0 Å². The molecule has 0 aromatic carbocycles. The van der Waals surface area contributed by atoms with Gasteiger partial charge in [-0.05, 0) is 25.3 Å². The molecule has 0 bridgehead atoms. The molecule has 0 aromatic rings. The first-order valence-electron chi connectivity index (χ1n) is 4.64. The summed E-state index contributed by atoms with van der Waals surface area (Å²) in [6.07, 6.45) is 6.00. The molecular weight excluding hydrogens is 166 g/mol. The van der Waals surface area contributed by atoms with Crippen LogP contribution >= 0.6 is 0 Å². The molecule has 13 heavy (non-hydrogen) atoms. The van der Waals surface area contributed by atoms with Crippen molar-refractivity contribution in [1.29, 1.82) is 0 Å². The molecule has 1 aliphatic rings. The van der Waals surface area contributed by atoms with Gasteiger partial charge in [-0.25, -0.2) is 0 Å². The minimum Gasteiger partial charge on any atom is -0.350 e. The lowest BCUT2D eigenvalue weighted by molar-refractivity contribution is -0.118. The van der Waals surface area contributed by atoms with E-state index in [1.807, 2.05) is 0 Å². The van der Waals surface area contributed by atoms with Gasteiger partial charge in [0.15, 0.2) is 0 Å². The topological polar surface area (TPSA) is 46.2 Å². The predicted molar refractivity (Wildman–Crippen MR) is 50.1 cm³/mol. The van der Waals surface area contributed by atoms with Crippen molar-refractivity contribution >= 4 is 12.2 Å². The lowest BCUT2D eigenvalue weighted by Gasteiger charge is -2.26. The highest BCUT2D eigenvalue weighted by Crippen LogP contribution is 2.22. The minimum atomic E-state index is -0.142. The Bertz CT molecular complexity index is 213. The molecule has 2 atom stereocenters. The van der Waals surface area contributed by atoms with E-state index in [1.165, 1.54) is 6.08 Å². The van der Waals surface area contributed by atoms with Gasteiger partial charge in [-0.2, -0.15) is 0 Å². The second-order valence-corrected chi connectivity index (χ2v) is 3.47. The monoisotopic (exact) mass is 181 g/mol. The van der Waals surface area contributed by atoms with E-state index in [0.717, 1.165) is 32.0 Å². The van der Waals surface area contributed by atoms with Gasteiger partial charge >= 0.3 is 0 Å². The molecule has 1 amide bonds. The second-order valence-electron chi connectivity index (χ2n) is 3.47. The molecule has 0 radical (unpaired) electrons. The number of nitrogens with one attached hydrogen (secondary N) is 1. The summed E-state index contributed by atoms with van der Waals surface area (Å²) in [7, 11) is 0. The van der Waals surface area contributed by atoms with Gasteiger partial charge in [-0.3, -0.25) is 4.79 Å². The van der Waals surface area contributed by atoms with Crippen LogP contribution in [0.1, 0.15) is 25.7 Å². The highest BCUT2D eigenvalue weighted by atomic mass is 16.1. The molecular formula is C10H15NO2. The summed E-state index contributed by atoms with van der Waals surface area (Å²) in [4.78, 5) is 21.5. The van der Waals surface area contributed by atoms with E-state index in [1.54, 1.807) is 0 Å². The second kappa shape index (κ2) is 4.80. The van der Waals surface area contributed by atoms with Gasteiger partial charge in [-0.1, -0.05) is 13.0 Å². The van der Waals surface area contributed by atoms with Gasteiger partial charge in [0.1, 0.15) is 6.29 Å². The van der Waals surface area contributed by atoms with Crippen LogP contribution in [0, 0.1) is 5.92 Å². The highest BCUT2D eigenvalue weighted by Gasteiger charge is 2.21. The van der Waals surface area contributed by atoms with E-state index in [-0.39, 0.29) is 17.9 Å². The van der Waals surface area contributed by atoms with E-state index in [9.17, 15) is 9.59 Å². The van der Waals surface area contributed by atoms with Gasteiger partial charge in [0.2, 0.25) is 5.91 Å². The number of aldehydes is 1. The van der Waals surface area contributed by atoms with Crippen LogP contribution in [0.4, 0.5) is 0 Å². The van der Waals surface area contributed by atoms with Crippen LogP contribution in [0.3, 0.4) is 0 Å². The van der Waals surface area contributed by atoms with Gasteiger partial charge in [0.25, 0.3) is 0 Å². The van der Waals surface area contributed by atoms with Gasteiger partial charge < -0.3 is 10.1 Å². The average Bonchev–Trinajstić information content (AvgIpc) is 2.18. The lowest BCUT2D eigenvalue weighted by Crippen LogP contribution is -2.37. The molecule has 0 aliphatic heterocycles. The van der Waals surface area contributed by atoms with E-state index in [0.29, 0.717) is 0 Å². The van der Waals surface area contributed by atoms with Crippen molar-refractivity contribution in [3.63, 3.8) is 0 Å². The standard InChI is InChI=1S/C10H15NO2/c1-2-10(13)11-9-5-3-4-8(6-9)7-12/h2,7-9H,1,3-6H2,(H,11,13). The first-order chi connectivity index (χ1) is 6.26. The van der Waals surface area contributed by atoms with Crippen molar-refractivity contribution in [2.45, 2.75) is 31.7 Å². The van der Waals surface area contributed by atoms with Gasteiger partial charge in [-0.15, -0.1) is 0 Å². The first kappa shape index (κ1) is 9.96. The molecule has 1 rings (SSSR count). The molecule has 1 aliphatic carbocycles. The Morgan fingerprint density at radius 3 is 2.85 bits per heavy atom. The Morgan fingerprint density at radius 2 is 2.23 bits per heavy atom. The fourth-order valence-electron chi connectivity index (χ4n) is 1.74. The molecule has 3 heteroatoms. The van der Waals surface area contributed by atoms with Crippen molar-refractivity contribution in [2.75, 3.05) is 0 Å². The molecule has 3 nitrogen and oxygen atoms in total. The molecule has 0 saturated heterocycles. The van der Waals surface area contributed by atoms with Crippen LogP contribution in [0.25, 0.3) is 0 Å². The van der Waals surface area contributed by atoms with Crippen LogP contribution in [0.15, 0.2) is 12.7 Å². The van der Waals surface area contributed by atoms with E-state index in [2.05, 4.69) is 11.9 Å². The quantitative estimate of drug-likeness (QED) is 0.522. The van der Waals surface area contributed by atoms with E-state index in [4.69, 9.17) is 0 Å². The van der Waals surface area contributed by atoms with Gasteiger partial charge in [0.05, 0.1) is 0 Å². The third kappa shape index (κ3) is 3.01. The SMILES string of the molecule is C=CC(=O)NC1CCCC(C=O)C1. The number of hydrogen-bond acceptors (Lipinski definition) is 2. The van der Waals surface area contributed by atoms with Crippen LogP contribution in [-0.2, 0) is 9.59 Å². The summed E-state index contributed by atoms with van der Waals surface area (Å²) in [5, 5.41) is 2.82. The third-order valence-electron chi connectivity index (χ3n) is 2.44. The van der Waals surface area contributed by atoms with E-state index < -0.39 is 0 Å². The highest BCUT2D eigenvalue weighted by molar-refractivity contribution is 5.87. The summed E-state index contributed by atoms with van der Waals surface area (Å²) in [5.74, 6) is -0.0135. The molecule has 2 unspecified atom stereocenters. The normalized spacial score (nSPS) is 27.7. The van der Waals surface area contributed by atoms with Crippen molar-refractivity contribution in [3.05, 3.63) is 12.7 Å². The lowest BCUT2D eigenvalue weighted by atomic mass is 9.87. The molecule has 0 spiro atoms. The summed E-state index contributed by atoms with van der Waals surface area (Å²) >= 11 is 0.